The third kappa shape index (κ3) is 3.49. The first kappa shape index (κ1) is 22.3. The second-order valence-electron chi connectivity index (χ2n) is 8.08. The van der Waals surface area contributed by atoms with Crippen molar-refractivity contribution in [2.45, 2.75) is 11.4 Å². The molecule has 8 heteroatoms. The van der Waals surface area contributed by atoms with Gasteiger partial charge in [-0.2, -0.15) is 0 Å². The number of thioether (sulfide) groups is 1. The van der Waals surface area contributed by atoms with Crippen molar-refractivity contribution in [1.29, 1.82) is 0 Å². The molecule has 2 aliphatic rings. The van der Waals surface area contributed by atoms with Gasteiger partial charge in [-0.3, -0.25) is 9.59 Å². The van der Waals surface area contributed by atoms with Crippen molar-refractivity contribution < 1.29 is 23.5 Å². The maximum Gasteiger partial charge on any atom is 0.268 e. The molecule has 1 fully saturated rings. The Bertz CT molecular complexity index is 1270. The highest BCUT2D eigenvalue weighted by atomic mass is 32.2. The maximum atomic E-state index is 14.1. The number of ether oxygens (including phenoxy) is 2. The van der Waals surface area contributed by atoms with Crippen LogP contribution in [0, 0.1) is 5.82 Å². The first-order chi connectivity index (χ1) is 16.5. The van der Waals surface area contributed by atoms with E-state index in [2.05, 4.69) is 0 Å². The first-order valence-corrected chi connectivity index (χ1v) is 11.8. The molecule has 2 heterocycles. The van der Waals surface area contributed by atoms with Crippen LogP contribution in [0.15, 0.2) is 66.7 Å². The van der Waals surface area contributed by atoms with E-state index in [-0.39, 0.29) is 24.2 Å². The van der Waals surface area contributed by atoms with Gasteiger partial charge in [-0.25, -0.2) is 4.39 Å². The minimum absolute atomic E-state index is 0.196. The lowest BCUT2D eigenvalue weighted by atomic mass is 10.0. The summed E-state index contributed by atoms with van der Waals surface area (Å²) in [4.78, 5) is 29.9. The van der Waals surface area contributed by atoms with E-state index in [9.17, 15) is 14.0 Å². The number of hydrogen-bond donors (Lipinski definition) is 0. The molecule has 0 bridgehead atoms. The Kier molecular flexibility index (Phi) is 5.69. The number of carbonyl (C=O) groups is 2. The number of hydrogen-bond acceptors (Lipinski definition) is 5. The Morgan fingerprint density at radius 2 is 1.76 bits per heavy atom. The lowest BCUT2D eigenvalue weighted by Gasteiger charge is -2.33. The molecule has 5 rings (SSSR count). The summed E-state index contributed by atoms with van der Waals surface area (Å²) in [6.07, 6.45) is 0. The molecule has 174 valence electrons. The first-order valence-electron chi connectivity index (χ1n) is 10.8. The van der Waals surface area contributed by atoms with Crippen LogP contribution >= 0.6 is 11.8 Å². The van der Waals surface area contributed by atoms with Gasteiger partial charge < -0.3 is 19.3 Å². The topological polar surface area (TPSA) is 59.1 Å². The molecule has 0 N–H and O–H groups in total. The van der Waals surface area contributed by atoms with E-state index in [4.69, 9.17) is 9.47 Å². The van der Waals surface area contributed by atoms with Crippen LogP contribution in [-0.4, -0.2) is 43.2 Å². The third-order valence-electron chi connectivity index (χ3n) is 6.22. The summed E-state index contributed by atoms with van der Waals surface area (Å²) in [6, 6.07) is 18.5. The molecule has 1 atom stereocenters. The number of anilines is 1. The van der Waals surface area contributed by atoms with Crippen molar-refractivity contribution in [2.75, 3.05) is 31.4 Å². The SMILES string of the molecule is COc1cccc(C(=O)N2CCSC23C(=O)N(Cc2ccc(F)cc2)c2ccc(OC)cc23)c1. The predicted molar refractivity (Wildman–Crippen MR) is 129 cm³/mol. The maximum absolute atomic E-state index is 14.1. The molecular weight excluding hydrogens is 455 g/mol. The van der Waals surface area contributed by atoms with Gasteiger partial charge >= 0.3 is 0 Å². The zero-order valence-electron chi connectivity index (χ0n) is 18.8. The normalized spacial score (nSPS) is 19.0. The third-order valence-corrected chi connectivity index (χ3v) is 7.64. The zero-order chi connectivity index (χ0) is 23.9. The van der Waals surface area contributed by atoms with E-state index in [1.54, 1.807) is 66.5 Å². The Morgan fingerprint density at radius 3 is 2.50 bits per heavy atom. The number of methoxy groups -OCH3 is 2. The van der Waals surface area contributed by atoms with E-state index in [1.165, 1.54) is 23.9 Å². The fourth-order valence-corrected chi connectivity index (χ4v) is 6.01. The molecule has 0 aliphatic carbocycles. The molecule has 0 saturated carbocycles. The van der Waals surface area contributed by atoms with E-state index in [1.807, 2.05) is 12.1 Å². The number of fused-ring (bicyclic) bond motifs is 2. The summed E-state index contributed by atoms with van der Waals surface area (Å²) in [5, 5.41) is 0. The molecule has 2 aliphatic heterocycles. The number of amides is 2. The van der Waals surface area contributed by atoms with Crippen LogP contribution in [0.5, 0.6) is 11.5 Å². The average Bonchev–Trinajstić information content (AvgIpc) is 3.41. The van der Waals surface area contributed by atoms with Crippen LogP contribution in [0.4, 0.5) is 10.1 Å². The number of halogens is 1. The lowest BCUT2D eigenvalue weighted by Crippen LogP contribution is -2.50. The van der Waals surface area contributed by atoms with Crippen molar-refractivity contribution in [3.05, 3.63) is 89.2 Å². The Morgan fingerprint density at radius 1 is 1.03 bits per heavy atom. The Balaban J connectivity index is 1.59. The molecule has 3 aromatic carbocycles. The molecule has 2 amide bonds. The van der Waals surface area contributed by atoms with E-state index in [0.717, 1.165) is 11.1 Å². The quantitative estimate of drug-likeness (QED) is 0.543. The summed E-state index contributed by atoms with van der Waals surface area (Å²) in [5.41, 5.74) is 2.68. The van der Waals surface area contributed by atoms with Gasteiger partial charge in [0.2, 0.25) is 0 Å². The van der Waals surface area contributed by atoms with Gasteiger partial charge in [0.15, 0.2) is 4.87 Å². The van der Waals surface area contributed by atoms with Gasteiger partial charge in [-0.05, 0) is 54.1 Å². The molecule has 0 radical (unpaired) electrons. The molecular formula is C26H23FN2O4S. The summed E-state index contributed by atoms with van der Waals surface area (Å²) in [5.74, 6) is 1.02. The van der Waals surface area contributed by atoms with E-state index >= 15 is 0 Å². The number of benzene rings is 3. The van der Waals surface area contributed by atoms with Crippen molar-refractivity contribution in [3.8, 4) is 11.5 Å². The summed E-state index contributed by atoms with van der Waals surface area (Å²) in [6.45, 7) is 0.690. The Hall–Kier alpha value is -3.52. The molecule has 1 unspecified atom stereocenters. The average molecular weight is 479 g/mol. The second-order valence-corrected chi connectivity index (χ2v) is 9.37. The van der Waals surface area contributed by atoms with Crippen LogP contribution in [0.2, 0.25) is 0 Å². The largest absolute Gasteiger partial charge is 0.497 e. The Labute approximate surface area is 201 Å². The highest BCUT2D eigenvalue weighted by Crippen LogP contribution is 2.55. The molecule has 1 spiro atoms. The van der Waals surface area contributed by atoms with Crippen molar-refractivity contribution in [2.24, 2.45) is 0 Å². The summed E-state index contributed by atoms with van der Waals surface area (Å²) < 4.78 is 24.2. The molecule has 34 heavy (non-hydrogen) atoms. The van der Waals surface area contributed by atoms with Crippen LogP contribution in [0.3, 0.4) is 0 Å². The van der Waals surface area contributed by atoms with Crippen molar-refractivity contribution in [1.82, 2.24) is 4.90 Å². The van der Waals surface area contributed by atoms with Crippen LogP contribution in [0.25, 0.3) is 0 Å². The van der Waals surface area contributed by atoms with Crippen LogP contribution in [0.1, 0.15) is 21.5 Å². The molecule has 1 saturated heterocycles. The van der Waals surface area contributed by atoms with E-state index < -0.39 is 4.87 Å². The molecule has 6 nitrogen and oxygen atoms in total. The fourth-order valence-electron chi connectivity index (χ4n) is 4.56. The van der Waals surface area contributed by atoms with Gasteiger partial charge in [-0.1, -0.05) is 18.2 Å². The number of carbonyl (C=O) groups excluding carboxylic acids is 2. The monoisotopic (exact) mass is 478 g/mol. The van der Waals surface area contributed by atoms with Gasteiger partial charge in [0.1, 0.15) is 17.3 Å². The fraction of sp³-hybridized carbons (Fsp3) is 0.231. The summed E-state index contributed by atoms with van der Waals surface area (Å²) in [7, 11) is 3.12. The molecule has 0 aromatic heterocycles. The molecule has 3 aromatic rings. The van der Waals surface area contributed by atoms with Crippen LogP contribution < -0.4 is 14.4 Å². The van der Waals surface area contributed by atoms with Gasteiger partial charge in [0.05, 0.1) is 26.5 Å². The minimum Gasteiger partial charge on any atom is -0.497 e. The number of nitrogens with zero attached hydrogens (tertiary/aromatic N) is 2. The second kappa shape index (κ2) is 8.68. The predicted octanol–water partition coefficient (Wildman–Crippen LogP) is 4.43. The van der Waals surface area contributed by atoms with Gasteiger partial charge in [0, 0.05) is 23.4 Å². The minimum atomic E-state index is -1.20. The van der Waals surface area contributed by atoms with E-state index in [0.29, 0.717) is 35.0 Å². The standard InChI is InChI=1S/C26H23FN2O4S/c1-32-20-5-3-4-18(14-20)24(30)29-12-13-34-26(29)22-15-21(33-2)10-11-23(22)28(25(26)31)16-17-6-8-19(27)9-7-17/h3-11,14-15H,12-13,16H2,1-2H3. The van der Waals surface area contributed by atoms with Crippen molar-refractivity contribution >= 4 is 29.3 Å². The van der Waals surface area contributed by atoms with Gasteiger partial charge in [0.25, 0.3) is 11.8 Å². The smallest absolute Gasteiger partial charge is 0.268 e. The number of rotatable bonds is 5. The van der Waals surface area contributed by atoms with Crippen LogP contribution in [-0.2, 0) is 16.2 Å². The lowest BCUT2D eigenvalue weighted by molar-refractivity contribution is -0.123. The van der Waals surface area contributed by atoms with Crippen molar-refractivity contribution in [3.63, 3.8) is 0 Å². The zero-order valence-corrected chi connectivity index (χ0v) is 19.6. The summed E-state index contributed by atoms with van der Waals surface area (Å²) >= 11 is 1.45. The van der Waals surface area contributed by atoms with Gasteiger partial charge in [-0.15, -0.1) is 11.8 Å². The highest BCUT2D eigenvalue weighted by Gasteiger charge is 2.59. The highest BCUT2D eigenvalue weighted by molar-refractivity contribution is 8.01.